The number of amides is 4. The molecule has 1 unspecified atom stereocenters. The second-order valence-electron chi connectivity index (χ2n) is 7.84. The highest BCUT2D eigenvalue weighted by molar-refractivity contribution is 6.23. The number of rotatable bonds is 3. The zero-order valence-corrected chi connectivity index (χ0v) is 15.8. The topological polar surface area (TPSA) is 113 Å². The summed E-state index contributed by atoms with van der Waals surface area (Å²) >= 11 is 0. The lowest BCUT2D eigenvalue weighted by atomic mass is 9.97. The third-order valence-corrected chi connectivity index (χ3v) is 6.07. The van der Waals surface area contributed by atoms with Gasteiger partial charge in [-0.2, -0.15) is 0 Å². The van der Waals surface area contributed by atoms with Crippen LogP contribution in [0.25, 0.3) is 0 Å². The van der Waals surface area contributed by atoms with E-state index in [1.165, 1.54) is 0 Å². The van der Waals surface area contributed by atoms with E-state index in [1.807, 2.05) is 6.07 Å². The SMILES string of the molecule is C[C@H]1[C@H](N)CCCN1Cc1ccc2c(c1)C(=O)N(C1CCC(=O)NC1=O)C2=O. The number of hydrogen-bond donors (Lipinski definition) is 2. The largest absolute Gasteiger partial charge is 0.326 e. The van der Waals surface area contributed by atoms with Crippen LogP contribution in [0.5, 0.6) is 0 Å². The number of hydrogen-bond acceptors (Lipinski definition) is 6. The Bertz CT molecular complexity index is 868. The second kappa shape index (κ2) is 7.10. The smallest absolute Gasteiger partial charge is 0.262 e. The lowest BCUT2D eigenvalue weighted by Gasteiger charge is -2.37. The first kappa shape index (κ1) is 18.8. The zero-order valence-electron chi connectivity index (χ0n) is 15.8. The molecule has 8 nitrogen and oxygen atoms in total. The first-order chi connectivity index (χ1) is 13.4. The Morgan fingerprint density at radius 2 is 1.86 bits per heavy atom. The number of carbonyl (C=O) groups excluding carboxylic acids is 4. The van der Waals surface area contributed by atoms with E-state index in [9.17, 15) is 19.2 Å². The number of piperidine rings is 2. The Kier molecular flexibility index (Phi) is 4.76. The molecule has 0 radical (unpaired) electrons. The van der Waals surface area contributed by atoms with Crippen molar-refractivity contribution in [2.45, 2.75) is 57.3 Å². The summed E-state index contributed by atoms with van der Waals surface area (Å²) in [6.45, 7) is 3.71. The molecule has 1 aromatic rings. The first-order valence-corrected chi connectivity index (χ1v) is 9.71. The molecule has 0 bridgehead atoms. The minimum Gasteiger partial charge on any atom is -0.326 e. The highest BCUT2D eigenvalue weighted by Gasteiger charge is 2.44. The summed E-state index contributed by atoms with van der Waals surface area (Å²) in [5.41, 5.74) is 7.73. The van der Waals surface area contributed by atoms with Gasteiger partial charge in [0, 0.05) is 25.0 Å². The Hall–Kier alpha value is -2.58. The van der Waals surface area contributed by atoms with E-state index >= 15 is 0 Å². The number of carbonyl (C=O) groups is 4. The van der Waals surface area contributed by atoms with Crippen LogP contribution in [0.15, 0.2) is 18.2 Å². The molecule has 0 spiro atoms. The molecule has 3 N–H and O–H groups in total. The van der Waals surface area contributed by atoms with Crippen LogP contribution in [0, 0.1) is 0 Å². The van der Waals surface area contributed by atoms with Gasteiger partial charge >= 0.3 is 0 Å². The van der Waals surface area contributed by atoms with Crippen LogP contribution in [0.1, 0.15) is 58.9 Å². The van der Waals surface area contributed by atoms with E-state index in [1.54, 1.807) is 12.1 Å². The van der Waals surface area contributed by atoms with E-state index in [0.717, 1.165) is 29.8 Å². The molecule has 2 saturated heterocycles. The van der Waals surface area contributed by atoms with Gasteiger partial charge in [-0.05, 0) is 50.4 Å². The molecule has 3 heterocycles. The van der Waals surface area contributed by atoms with Gasteiger partial charge in [0.1, 0.15) is 6.04 Å². The predicted octanol–water partition coefficient (Wildman–Crippen LogP) is 0.399. The molecule has 3 aliphatic heterocycles. The fourth-order valence-corrected chi connectivity index (χ4v) is 4.32. The molecular formula is C20H24N4O4. The number of likely N-dealkylation sites (tertiary alicyclic amines) is 1. The Morgan fingerprint density at radius 3 is 2.61 bits per heavy atom. The van der Waals surface area contributed by atoms with Crippen molar-refractivity contribution >= 4 is 23.6 Å². The first-order valence-electron chi connectivity index (χ1n) is 9.71. The number of nitrogens with zero attached hydrogens (tertiary/aromatic N) is 2. The number of fused-ring (bicyclic) bond motifs is 1. The van der Waals surface area contributed by atoms with Crippen molar-refractivity contribution in [1.29, 1.82) is 0 Å². The molecule has 4 amide bonds. The Labute approximate surface area is 163 Å². The number of imide groups is 2. The summed E-state index contributed by atoms with van der Waals surface area (Å²) in [6.07, 6.45) is 2.32. The van der Waals surface area contributed by atoms with Crippen LogP contribution in [0.2, 0.25) is 0 Å². The summed E-state index contributed by atoms with van der Waals surface area (Å²) in [5.74, 6) is -1.93. The lowest BCUT2D eigenvalue weighted by molar-refractivity contribution is -0.136. The van der Waals surface area contributed by atoms with Crippen LogP contribution >= 0.6 is 0 Å². The van der Waals surface area contributed by atoms with Gasteiger partial charge in [0.15, 0.2) is 0 Å². The summed E-state index contributed by atoms with van der Waals surface area (Å²) < 4.78 is 0. The van der Waals surface area contributed by atoms with Crippen LogP contribution in [0.4, 0.5) is 0 Å². The minimum absolute atomic E-state index is 0.113. The molecule has 3 aliphatic rings. The summed E-state index contributed by atoms with van der Waals surface area (Å²) in [7, 11) is 0. The van der Waals surface area contributed by atoms with Gasteiger partial charge in [-0.25, -0.2) is 0 Å². The van der Waals surface area contributed by atoms with Crippen molar-refractivity contribution in [3.63, 3.8) is 0 Å². The highest BCUT2D eigenvalue weighted by atomic mass is 16.2. The van der Waals surface area contributed by atoms with Gasteiger partial charge in [0.25, 0.3) is 11.8 Å². The van der Waals surface area contributed by atoms with Gasteiger partial charge in [0.05, 0.1) is 11.1 Å². The van der Waals surface area contributed by atoms with Crippen molar-refractivity contribution in [3.05, 3.63) is 34.9 Å². The standard InChI is InChI=1S/C20H24N4O4/c1-11-15(21)3-2-8-23(11)10-12-4-5-13-14(9-12)20(28)24(19(13)27)16-6-7-17(25)22-18(16)26/h4-5,9,11,15-16H,2-3,6-8,10,21H2,1H3,(H,22,25,26)/t11-,15+,16?/m0/s1. The van der Waals surface area contributed by atoms with Crippen LogP contribution in [0.3, 0.4) is 0 Å². The van der Waals surface area contributed by atoms with Crippen LogP contribution in [-0.2, 0) is 16.1 Å². The maximum absolute atomic E-state index is 12.9. The third-order valence-electron chi connectivity index (χ3n) is 6.07. The van der Waals surface area contributed by atoms with Gasteiger partial charge < -0.3 is 5.73 Å². The van der Waals surface area contributed by atoms with Gasteiger partial charge in [-0.3, -0.25) is 34.3 Å². The molecule has 1 aromatic carbocycles. The molecule has 8 heteroatoms. The van der Waals surface area contributed by atoms with Crippen molar-refractivity contribution in [1.82, 2.24) is 15.1 Å². The number of nitrogens with one attached hydrogen (secondary N) is 1. The fraction of sp³-hybridized carbons (Fsp3) is 0.500. The van der Waals surface area contributed by atoms with E-state index in [2.05, 4.69) is 17.1 Å². The average Bonchev–Trinajstić information content (AvgIpc) is 2.90. The van der Waals surface area contributed by atoms with Gasteiger partial charge in [0.2, 0.25) is 11.8 Å². The monoisotopic (exact) mass is 384 g/mol. The molecule has 0 aliphatic carbocycles. The quantitative estimate of drug-likeness (QED) is 0.730. The lowest BCUT2D eigenvalue weighted by Crippen LogP contribution is -2.54. The van der Waals surface area contributed by atoms with E-state index in [-0.39, 0.29) is 30.8 Å². The number of nitrogens with two attached hydrogens (primary N) is 1. The normalized spacial score (nSPS) is 28.5. The molecule has 4 rings (SSSR count). The Balaban J connectivity index is 1.56. The average molecular weight is 384 g/mol. The summed E-state index contributed by atoms with van der Waals surface area (Å²) in [5, 5.41) is 2.21. The minimum atomic E-state index is -0.936. The maximum atomic E-state index is 12.9. The summed E-state index contributed by atoms with van der Waals surface area (Å²) in [6, 6.07) is 4.70. The van der Waals surface area contributed by atoms with E-state index < -0.39 is 23.8 Å². The van der Waals surface area contributed by atoms with Crippen molar-refractivity contribution in [3.8, 4) is 0 Å². The van der Waals surface area contributed by atoms with Crippen LogP contribution in [-0.4, -0.2) is 58.1 Å². The number of benzene rings is 1. The maximum Gasteiger partial charge on any atom is 0.262 e. The molecule has 3 atom stereocenters. The zero-order chi connectivity index (χ0) is 20.0. The van der Waals surface area contributed by atoms with Crippen molar-refractivity contribution in [2.75, 3.05) is 6.54 Å². The fourth-order valence-electron chi connectivity index (χ4n) is 4.32. The van der Waals surface area contributed by atoms with Gasteiger partial charge in [-0.1, -0.05) is 6.07 Å². The van der Waals surface area contributed by atoms with Crippen molar-refractivity contribution < 1.29 is 19.2 Å². The molecule has 0 aromatic heterocycles. The van der Waals surface area contributed by atoms with Gasteiger partial charge in [-0.15, -0.1) is 0 Å². The molecule has 2 fully saturated rings. The molecule has 0 saturated carbocycles. The molecular weight excluding hydrogens is 360 g/mol. The Morgan fingerprint density at radius 1 is 1.11 bits per heavy atom. The molecule has 28 heavy (non-hydrogen) atoms. The molecule has 148 valence electrons. The predicted molar refractivity (Wildman–Crippen MR) is 100 cm³/mol. The van der Waals surface area contributed by atoms with Crippen LogP contribution < -0.4 is 11.1 Å². The highest BCUT2D eigenvalue weighted by Crippen LogP contribution is 2.29. The van der Waals surface area contributed by atoms with E-state index in [0.29, 0.717) is 17.7 Å². The van der Waals surface area contributed by atoms with E-state index in [4.69, 9.17) is 5.73 Å². The second-order valence-corrected chi connectivity index (χ2v) is 7.84. The summed E-state index contributed by atoms with van der Waals surface area (Å²) in [4.78, 5) is 52.4. The third kappa shape index (κ3) is 3.12. The van der Waals surface area contributed by atoms with Crippen molar-refractivity contribution in [2.24, 2.45) is 5.73 Å².